The van der Waals surface area contributed by atoms with Crippen LogP contribution in [0.25, 0.3) is 0 Å². The van der Waals surface area contributed by atoms with Crippen LogP contribution < -0.4 is 9.64 Å². The summed E-state index contributed by atoms with van der Waals surface area (Å²) in [6.07, 6.45) is 4.00. The van der Waals surface area contributed by atoms with E-state index in [9.17, 15) is 0 Å². The Balaban J connectivity index is 1.72. The van der Waals surface area contributed by atoms with Crippen LogP contribution in [0.1, 0.15) is 19.3 Å². The lowest BCUT2D eigenvalue weighted by atomic mass is 10.1. The molecule has 3 nitrogen and oxygen atoms in total. The number of halogens is 1. The number of rotatable bonds is 2. The molecule has 0 saturated carbocycles. The van der Waals surface area contributed by atoms with E-state index in [1.54, 1.807) is 0 Å². The Morgan fingerprint density at radius 2 is 2.00 bits per heavy atom. The van der Waals surface area contributed by atoms with Gasteiger partial charge >= 0.3 is 0 Å². The fourth-order valence-electron chi connectivity index (χ4n) is 2.54. The molecule has 1 aromatic rings. The van der Waals surface area contributed by atoms with Crippen LogP contribution in [-0.2, 0) is 0 Å². The van der Waals surface area contributed by atoms with Crippen molar-refractivity contribution in [1.29, 1.82) is 0 Å². The number of likely N-dealkylation sites (tertiary alicyclic amines) is 1. The standard InChI is InChI=1S/C13H17ClN2O/c14-11-4-5-13-12(8-11)16(10-17-13)9-15-6-2-1-3-7-15/h4-5,8H,1-3,6-7,9-10H2. The zero-order chi connectivity index (χ0) is 11.7. The predicted octanol–water partition coefficient (Wildman–Crippen LogP) is 2.94. The van der Waals surface area contributed by atoms with Crippen LogP contribution in [0.15, 0.2) is 18.2 Å². The second-order valence-corrected chi connectivity index (χ2v) is 5.18. The van der Waals surface area contributed by atoms with E-state index in [0.717, 1.165) is 23.1 Å². The molecule has 3 rings (SSSR count). The average molecular weight is 253 g/mol. The van der Waals surface area contributed by atoms with Gasteiger partial charge in [0.15, 0.2) is 6.73 Å². The summed E-state index contributed by atoms with van der Waals surface area (Å²) in [6, 6.07) is 5.83. The molecule has 0 bridgehead atoms. The molecule has 2 aliphatic rings. The van der Waals surface area contributed by atoms with Crippen LogP contribution in [0.3, 0.4) is 0 Å². The molecule has 1 fully saturated rings. The lowest BCUT2D eigenvalue weighted by Crippen LogP contribution is -2.40. The number of anilines is 1. The highest BCUT2D eigenvalue weighted by atomic mass is 35.5. The summed E-state index contributed by atoms with van der Waals surface area (Å²) in [5, 5.41) is 0.776. The summed E-state index contributed by atoms with van der Waals surface area (Å²) in [7, 11) is 0. The summed E-state index contributed by atoms with van der Waals surface area (Å²) in [6.45, 7) is 4.00. The van der Waals surface area contributed by atoms with Crippen LogP contribution in [0.5, 0.6) is 5.75 Å². The third kappa shape index (κ3) is 2.35. The quantitative estimate of drug-likeness (QED) is 0.805. The smallest absolute Gasteiger partial charge is 0.162 e. The Morgan fingerprint density at radius 1 is 1.18 bits per heavy atom. The topological polar surface area (TPSA) is 15.7 Å². The summed E-state index contributed by atoms with van der Waals surface area (Å²) < 4.78 is 5.65. The minimum atomic E-state index is 0.645. The van der Waals surface area contributed by atoms with E-state index in [1.807, 2.05) is 18.2 Å². The van der Waals surface area contributed by atoms with Gasteiger partial charge in [-0.25, -0.2) is 0 Å². The summed E-state index contributed by atoms with van der Waals surface area (Å²) in [5.74, 6) is 0.950. The highest BCUT2D eigenvalue weighted by molar-refractivity contribution is 6.31. The molecular weight excluding hydrogens is 236 g/mol. The zero-order valence-corrected chi connectivity index (χ0v) is 10.6. The third-order valence-corrected chi connectivity index (χ3v) is 3.69. The lowest BCUT2D eigenvalue weighted by molar-refractivity contribution is 0.216. The van der Waals surface area contributed by atoms with Crippen molar-refractivity contribution in [3.63, 3.8) is 0 Å². The van der Waals surface area contributed by atoms with Crippen molar-refractivity contribution in [2.45, 2.75) is 19.3 Å². The summed E-state index contributed by atoms with van der Waals surface area (Å²) >= 11 is 6.04. The molecule has 0 N–H and O–H groups in total. The van der Waals surface area contributed by atoms with E-state index in [0.29, 0.717) is 6.73 Å². The molecule has 0 aliphatic carbocycles. The highest BCUT2D eigenvalue weighted by Gasteiger charge is 2.23. The second kappa shape index (κ2) is 4.75. The molecule has 17 heavy (non-hydrogen) atoms. The van der Waals surface area contributed by atoms with Gasteiger partial charge in [0, 0.05) is 5.02 Å². The zero-order valence-electron chi connectivity index (χ0n) is 9.86. The monoisotopic (exact) mass is 252 g/mol. The number of hydrogen-bond donors (Lipinski definition) is 0. The summed E-state index contributed by atoms with van der Waals surface area (Å²) in [5.41, 5.74) is 1.13. The molecule has 0 radical (unpaired) electrons. The van der Waals surface area contributed by atoms with E-state index in [2.05, 4.69) is 9.80 Å². The molecule has 0 atom stereocenters. The van der Waals surface area contributed by atoms with Crippen LogP contribution >= 0.6 is 11.6 Å². The SMILES string of the molecule is Clc1ccc2c(c1)N(CN1CCCCC1)CO2. The van der Waals surface area contributed by atoms with Crippen molar-refractivity contribution in [2.24, 2.45) is 0 Å². The van der Waals surface area contributed by atoms with E-state index >= 15 is 0 Å². The van der Waals surface area contributed by atoms with Crippen LogP contribution in [-0.4, -0.2) is 31.4 Å². The van der Waals surface area contributed by atoms with Gasteiger partial charge in [0.05, 0.1) is 12.4 Å². The number of ether oxygens (including phenoxy) is 1. The van der Waals surface area contributed by atoms with Gasteiger partial charge < -0.3 is 9.64 Å². The van der Waals surface area contributed by atoms with Crippen molar-refractivity contribution in [3.8, 4) is 5.75 Å². The normalized spacial score (nSPS) is 20.2. The Bertz CT molecular complexity index is 404. The Labute approximate surface area is 107 Å². The maximum Gasteiger partial charge on any atom is 0.162 e. The van der Waals surface area contributed by atoms with Crippen LogP contribution in [0, 0.1) is 0 Å². The minimum Gasteiger partial charge on any atom is -0.471 e. The van der Waals surface area contributed by atoms with Gasteiger partial charge in [0.1, 0.15) is 5.75 Å². The molecule has 2 aliphatic heterocycles. The number of hydrogen-bond acceptors (Lipinski definition) is 3. The number of nitrogens with zero attached hydrogens (tertiary/aromatic N) is 2. The predicted molar refractivity (Wildman–Crippen MR) is 69.7 cm³/mol. The maximum absolute atomic E-state index is 6.04. The van der Waals surface area contributed by atoms with E-state index in [4.69, 9.17) is 16.3 Å². The van der Waals surface area contributed by atoms with Crippen molar-refractivity contribution in [1.82, 2.24) is 4.90 Å². The molecule has 92 valence electrons. The van der Waals surface area contributed by atoms with Crippen molar-refractivity contribution in [2.75, 3.05) is 31.4 Å². The van der Waals surface area contributed by atoms with Gasteiger partial charge in [0.2, 0.25) is 0 Å². The third-order valence-electron chi connectivity index (χ3n) is 3.46. The van der Waals surface area contributed by atoms with Gasteiger partial charge in [-0.2, -0.15) is 0 Å². The first kappa shape index (κ1) is 11.2. The van der Waals surface area contributed by atoms with E-state index in [-0.39, 0.29) is 0 Å². The molecule has 1 saturated heterocycles. The molecular formula is C13H17ClN2O. The fourth-order valence-corrected chi connectivity index (χ4v) is 2.70. The molecule has 0 amide bonds. The highest BCUT2D eigenvalue weighted by Crippen LogP contribution is 2.36. The average Bonchev–Trinajstić information content (AvgIpc) is 2.73. The first-order valence-electron chi connectivity index (χ1n) is 6.22. The Hall–Kier alpha value is -0.930. The Kier molecular flexibility index (Phi) is 3.12. The summed E-state index contributed by atoms with van der Waals surface area (Å²) in [4.78, 5) is 4.75. The van der Waals surface area contributed by atoms with E-state index < -0.39 is 0 Å². The first-order valence-corrected chi connectivity index (χ1v) is 6.60. The van der Waals surface area contributed by atoms with Gasteiger partial charge in [0.25, 0.3) is 0 Å². The number of piperidine rings is 1. The molecule has 0 aromatic heterocycles. The molecule has 2 heterocycles. The van der Waals surface area contributed by atoms with Gasteiger partial charge in [-0.1, -0.05) is 18.0 Å². The van der Waals surface area contributed by atoms with Gasteiger partial charge in [-0.3, -0.25) is 4.90 Å². The maximum atomic E-state index is 6.04. The molecule has 1 aromatic carbocycles. The first-order chi connectivity index (χ1) is 8.33. The molecule has 4 heteroatoms. The molecule has 0 spiro atoms. The number of benzene rings is 1. The van der Waals surface area contributed by atoms with Gasteiger partial charge in [-0.15, -0.1) is 0 Å². The Morgan fingerprint density at radius 3 is 2.82 bits per heavy atom. The lowest BCUT2D eigenvalue weighted by Gasteiger charge is -2.30. The van der Waals surface area contributed by atoms with Crippen molar-refractivity contribution < 1.29 is 4.74 Å². The number of fused-ring (bicyclic) bond motifs is 1. The van der Waals surface area contributed by atoms with Crippen LogP contribution in [0.2, 0.25) is 5.02 Å². The van der Waals surface area contributed by atoms with Crippen molar-refractivity contribution in [3.05, 3.63) is 23.2 Å². The second-order valence-electron chi connectivity index (χ2n) is 4.75. The van der Waals surface area contributed by atoms with E-state index in [1.165, 1.54) is 32.4 Å². The van der Waals surface area contributed by atoms with Crippen LogP contribution in [0.4, 0.5) is 5.69 Å². The van der Waals surface area contributed by atoms with Gasteiger partial charge in [-0.05, 0) is 44.1 Å². The largest absolute Gasteiger partial charge is 0.471 e. The molecule has 0 unspecified atom stereocenters. The van der Waals surface area contributed by atoms with Crippen molar-refractivity contribution >= 4 is 17.3 Å². The fraction of sp³-hybridized carbons (Fsp3) is 0.538. The minimum absolute atomic E-state index is 0.645.